The molecule has 134 valence electrons. The van der Waals surface area contributed by atoms with Crippen molar-refractivity contribution in [1.29, 1.82) is 0 Å². The summed E-state index contributed by atoms with van der Waals surface area (Å²) in [5.41, 5.74) is 2.33. The van der Waals surface area contributed by atoms with Crippen molar-refractivity contribution in [1.82, 2.24) is 24.6 Å². The number of rotatable bonds is 2. The predicted octanol–water partition coefficient (Wildman–Crippen LogP) is 3.29. The topological polar surface area (TPSA) is 63.9 Å². The third-order valence-electron chi connectivity index (χ3n) is 4.66. The van der Waals surface area contributed by atoms with Crippen molar-refractivity contribution in [3.63, 3.8) is 0 Å². The minimum atomic E-state index is -0.399. The van der Waals surface area contributed by atoms with Crippen molar-refractivity contribution in [2.24, 2.45) is 12.5 Å². The van der Waals surface area contributed by atoms with Crippen molar-refractivity contribution < 1.29 is 4.79 Å². The summed E-state index contributed by atoms with van der Waals surface area (Å²) in [6.07, 6.45) is 4.81. The highest BCUT2D eigenvalue weighted by Gasteiger charge is 2.35. The molecule has 0 radical (unpaired) electrons. The Hall–Kier alpha value is -2.24. The normalized spacial score (nSPS) is 18.4. The summed E-state index contributed by atoms with van der Waals surface area (Å²) >= 11 is 0. The van der Waals surface area contributed by atoms with Gasteiger partial charge in [-0.3, -0.25) is 9.48 Å². The zero-order chi connectivity index (χ0) is 18.2. The first kappa shape index (κ1) is 17.6. The molecular weight excluding hydrogens is 314 g/mol. The molecule has 0 saturated carbocycles. The van der Waals surface area contributed by atoms with Gasteiger partial charge in [0, 0.05) is 30.9 Å². The lowest BCUT2D eigenvalue weighted by molar-refractivity contribution is -0.143. The first-order valence-electron chi connectivity index (χ1n) is 8.92. The highest BCUT2D eigenvalue weighted by Crippen LogP contribution is 2.33. The molecule has 2 aromatic heterocycles. The van der Waals surface area contributed by atoms with Gasteiger partial charge in [-0.25, -0.2) is 9.97 Å². The average molecular weight is 341 g/mol. The Morgan fingerprint density at radius 1 is 1.24 bits per heavy atom. The van der Waals surface area contributed by atoms with Crippen LogP contribution in [0.3, 0.4) is 0 Å². The molecule has 1 unspecified atom stereocenters. The molecule has 1 saturated heterocycles. The molecular formula is C19H27N5O. The molecule has 1 amide bonds. The number of piperidine rings is 1. The third kappa shape index (κ3) is 3.57. The van der Waals surface area contributed by atoms with E-state index in [1.807, 2.05) is 56.5 Å². The van der Waals surface area contributed by atoms with Gasteiger partial charge in [0.1, 0.15) is 0 Å². The van der Waals surface area contributed by atoms with E-state index >= 15 is 0 Å². The Morgan fingerprint density at radius 2 is 2.00 bits per heavy atom. The van der Waals surface area contributed by atoms with Crippen molar-refractivity contribution in [2.75, 3.05) is 6.54 Å². The Labute approximate surface area is 149 Å². The van der Waals surface area contributed by atoms with E-state index < -0.39 is 5.41 Å². The van der Waals surface area contributed by atoms with E-state index in [0.29, 0.717) is 0 Å². The zero-order valence-corrected chi connectivity index (χ0v) is 15.8. The fourth-order valence-corrected chi connectivity index (χ4v) is 3.37. The standard InChI is InChI=1S/C19H27N5O/c1-13-12-14(15-9-10-20-23(15)5)22-17(21-13)16-8-6-7-11-24(16)18(25)19(2,3)4/h9-10,12,16H,6-8,11H2,1-5H3. The maximum atomic E-state index is 12.9. The highest BCUT2D eigenvalue weighted by molar-refractivity contribution is 5.82. The largest absolute Gasteiger partial charge is 0.332 e. The van der Waals surface area contributed by atoms with Crippen LogP contribution >= 0.6 is 0 Å². The van der Waals surface area contributed by atoms with Crippen LogP contribution in [-0.4, -0.2) is 37.1 Å². The smallest absolute Gasteiger partial charge is 0.228 e. The summed E-state index contributed by atoms with van der Waals surface area (Å²) in [6.45, 7) is 8.67. The summed E-state index contributed by atoms with van der Waals surface area (Å²) in [4.78, 5) is 24.4. The number of nitrogens with zero attached hydrogens (tertiary/aromatic N) is 5. The van der Waals surface area contributed by atoms with Crippen LogP contribution in [0, 0.1) is 12.3 Å². The van der Waals surface area contributed by atoms with Gasteiger partial charge in [0.25, 0.3) is 0 Å². The first-order chi connectivity index (χ1) is 11.8. The predicted molar refractivity (Wildman–Crippen MR) is 96.7 cm³/mol. The van der Waals surface area contributed by atoms with E-state index in [2.05, 4.69) is 10.1 Å². The van der Waals surface area contributed by atoms with Crippen LogP contribution in [0.1, 0.15) is 57.6 Å². The average Bonchev–Trinajstić information content (AvgIpc) is 2.99. The lowest BCUT2D eigenvalue weighted by Crippen LogP contribution is -2.44. The number of hydrogen-bond acceptors (Lipinski definition) is 4. The number of carbonyl (C=O) groups excluding carboxylic acids is 1. The Balaban J connectivity index is 2.00. The van der Waals surface area contributed by atoms with Gasteiger partial charge in [0.2, 0.25) is 5.91 Å². The molecule has 1 atom stereocenters. The number of carbonyl (C=O) groups is 1. The molecule has 0 spiro atoms. The summed E-state index contributed by atoms with van der Waals surface area (Å²) in [5.74, 6) is 0.915. The second-order valence-corrected chi connectivity index (χ2v) is 7.85. The van der Waals surface area contributed by atoms with Crippen molar-refractivity contribution in [2.45, 2.75) is 53.0 Å². The van der Waals surface area contributed by atoms with E-state index in [4.69, 9.17) is 4.98 Å². The molecule has 3 rings (SSSR count). The number of amides is 1. The van der Waals surface area contributed by atoms with Gasteiger partial charge in [-0.2, -0.15) is 5.10 Å². The maximum Gasteiger partial charge on any atom is 0.228 e. The maximum absolute atomic E-state index is 12.9. The van der Waals surface area contributed by atoms with E-state index in [0.717, 1.165) is 48.7 Å². The van der Waals surface area contributed by atoms with E-state index in [1.54, 1.807) is 6.20 Å². The summed E-state index contributed by atoms with van der Waals surface area (Å²) in [6, 6.07) is 3.87. The number of likely N-dealkylation sites (tertiary alicyclic amines) is 1. The van der Waals surface area contributed by atoms with Gasteiger partial charge in [-0.05, 0) is 38.3 Å². The number of aromatic nitrogens is 4. The molecule has 6 nitrogen and oxygen atoms in total. The van der Waals surface area contributed by atoms with Crippen LogP contribution < -0.4 is 0 Å². The summed E-state index contributed by atoms with van der Waals surface area (Å²) in [5, 5.41) is 4.23. The molecule has 25 heavy (non-hydrogen) atoms. The van der Waals surface area contributed by atoms with Gasteiger partial charge in [-0.1, -0.05) is 20.8 Å². The Kier molecular flexibility index (Phi) is 4.62. The molecule has 0 aromatic carbocycles. The van der Waals surface area contributed by atoms with Gasteiger partial charge >= 0.3 is 0 Å². The summed E-state index contributed by atoms with van der Waals surface area (Å²) in [7, 11) is 1.91. The van der Waals surface area contributed by atoms with Crippen LogP contribution in [0.5, 0.6) is 0 Å². The van der Waals surface area contributed by atoms with E-state index in [1.165, 1.54) is 0 Å². The lowest BCUT2D eigenvalue weighted by Gasteiger charge is -2.38. The van der Waals surface area contributed by atoms with Gasteiger partial charge < -0.3 is 4.90 Å². The Morgan fingerprint density at radius 3 is 2.64 bits per heavy atom. The fourth-order valence-electron chi connectivity index (χ4n) is 3.37. The number of aryl methyl sites for hydroxylation is 2. The molecule has 6 heteroatoms. The van der Waals surface area contributed by atoms with Crippen LogP contribution in [0.15, 0.2) is 18.3 Å². The molecule has 0 N–H and O–H groups in total. The quantitative estimate of drug-likeness (QED) is 0.841. The first-order valence-corrected chi connectivity index (χ1v) is 8.92. The van der Waals surface area contributed by atoms with Gasteiger partial charge in [0.15, 0.2) is 5.82 Å². The molecule has 1 aliphatic heterocycles. The summed E-state index contributed by atoms with van der Waals surface area (Å²) < 4.78 is 1.81. The molecule has 1 fully saturated rings. The van der Waals surface area contributed by atoms with E-state index in [-0.39, 0.29) is 11.9 Å². The van der Waals surface area contributed by atoms with Gasteiger partial charge in [0.05, 0.1) is 17.4 Å². The lowest BCUT2D eigenvalue weighted by atomic mass is 9.91. The minimum Gasteiger partial charge on any atom is -0.332 e. The van der Waals surface area contributed by atoms with Crippen LogP contribution in [0.4, 0.5) is 0 Å². The monoisotopic (exact) mass is 341 g/mol. The second-order valence-electron chi connectivity index (χ2n) is 7.85. The van der Waals surface area contributed by atoms with Crippen molar-refractivity contribution in [3.05, 3.63) is 29.8 Å². The number of hydrogen-bond donors (Lipinski definition) is 0. The van der Waals surface area contributed by atoms with E-state index in [9.17, 15) is 4.79 Å². The zero-order valence-electron chi connectivity index (χ0n) is 15.8. The second kappa shape index (κ2) is 6.58. The van der Waals surface area contributed by atoms with Crippen molar-refractivity contribution in [3.8, 4) is 11.4 Å². The van der Waals surface area contributed by atoms with Crippen molar-refractivity contribution >= 4 is 5.91 Å². The highest BCUT2D eigenvalue weighted by atomic mass is 16.2. The SMILES string of the molecule is Cc1cc(-c2ccnn2C)nc(C2CCCCN2C(=O)C(C)(C)C)n1. The van der Waals surface area contributed by atoms with Crippen LogP contribution in [0.25, 0.3) is 11.4 Å². The molecule has 0 aliphatic carbocycles. The molecule has 2 aromatic rings. The fraction of sp³-hybridized carbons (Fsp3) is 0.579. The minimum absolute atomic E-state index is 0.0487. The molecule has 1 aliphatic rings. The van der Waals surface area contributed by atoms with Crippen LogP contribution in [-0.2, 0) is 11.8 Å². The Bertz CT molecular complexity index is 774. The van der Waals surface area contributed by atoms with Crippen LogP contribution in [0.2, 0.25) is 0 Å². The molecule has 0 bridgehead atoms. The molecule has 3 heterocycles. The van der Waals surface area contributed by atoms with Gasteiger partial charge in [-0.15, -0.1) is 0 Å². The third-order valence-corrected chi connectivity index (χ3v) is 4.66.